The van der Waals surface area contributed by atoms with E-state index in [4.69, 9.17) is 52.0 Å². The van der Waals surface area contributed by atoms with Gasteiger partial charge in [0, 0.05) is 18.5 Å². The number of ether oxygens (including phenoxy) is 5. The fraction of sp³-hybridized carbons (Fsp3) is 0.957. The summed E-state index contributed by atoms with van der Waals surface area (Å²) in [6.45, 7) is -0.583. The predicted molar refractivity (Wildman–Crippen MR) is 136 cm³/mol. The van der Waals surface area contributed by atoms with Gasteiger partial charge in [0.2, 0.25) is 0 Å². The minimum Gasteiger partial charge on any atom is -0.394 e. The molecule has 232 valence electrons. The summed E-state index contributed by atoms with van der Waals surface area (Å²) in [5.74, 6) is -0.334. The summed E-state index contributed by atoms with van der Waals surface area (Å²) in [4.78, 5) is 0. The molecule has 0 bridgehead atoms. The van der Waals surface area contributed by atoms with Gasteiger partial charge in [-0.1, -0.05) is 0 Å². The van der Waals surface area contributed by atoms with Crippen LogP contribution in [0.2, 0.25) is 0 Å². The maximum absolute atomic E-state index is 14.9. The van der Waals surface area contributed by atoms with Crippen molar-refractivity contribution < 1.29 is 48.5 Å². The van der Waals surface area contributed by atoms with Gasteiger partial charge in [0.15, 0.2) is 31.0 Å². The van der Waals surface area contributed by atoms with Gasteiger partial charge in [-0.15, -0.1) is 0 Å². The molecule has 17 heteroatoms. The van der Waals surface area contributed by atoms with E-state index in [-0.39, 0.29) is 31.8 Å². The number of aliphatic hydroxyl groups excluding tert-OH is 4. The first-order valence-corrected chi connectivity index (χ1v) is 13.5. The lowest BCUT2D eigenvalue weighted by Gasteiger charge is -2.53. The molecule has 40 heavy (non-hydrogen) atoms. The molecule has 15 atom stereocenters. The second kappa shape index (κ2) is 12.9. The third-order valence-electron chi connectivity index (χ3n) is 8.29. The van der Waals surface area contributed by atoms with Crippen molar-refractivity contribution in [3.63, 3.8) is 0 Å². The molecule has 1 aliphatic carbocycles. The lowest BCUT2D eigenvalue weighted by atomic mass is 9.81. The molecule has 4 fully saturated rings. The Balaban J connectivity index is 1.42. The third kappa shape index (κ3) is 6.36. The highest BCUT2D eigenvalue weighted by Crippen LogP contribution is 2.39. The zero-order valence-corrected chi connectivity index (χ0v) is 22.3. The molecule has 1 spiro atoms. The van der Waals surface area contributed by atoms with Crippen LogP contribution in [0.25, 0.3) is 0 Å². The van der Waals surface area contributed by atoms with E-state index in [2.05, 4.69) is 10.6 Å². The van der Waals surface area contributed by atoms with Gasteiger partial charge in [0.05, 0.1) is 31.3 Å². The Bertz CT molecular complexity index is 870. The smallest absolute Gasteiger partial charge is 0.187 e. The zero-order chi connectivity index (χ0) is 29.4. The van der Waals surface area contributed by atoms with Gasteiger partial charge in [-0.05, 0) is 26.3 Å². The second-order valence-corrected chi connectivity index (χ2v) is 11.1. The van der Waals surface area contributed by atoms with E-state index in [9.17, 15) is 24.8 Å². The van der Waals surface area contributed by atoms with Crippen LogP contribution in [0.5, 0.6) is 0 Å². The standard InChI is InChI=1S/C23H44FN7O9/c1-30-15-18(35)23(3-2-8(25)19(40-23)38-17-10(27)4-9(26)16(34)14(17)24)7-36-21(15)39-20-12(33)5-11(31-22(28)29)13(6-32)37-20/h8-21,30,32-35H,2-7,25-27H2,1H3,(H4,28,29,31)/t8?,9-,10?,11+,12?,13?,14?,15?,16?,17-,18?,19+,20-,21?,23?/m1/s1. The monoisotopic (exact) mass is 581 g/mol. The second-order valence-electron chi connectivity index (χ2n) is 11.1. The first-order valence-electron chi connectivity index (χ1n) is 13.5. The lowest BCUT2D eigenvalue weighted by Crippen LogP contribution is -2.71. The Morgan fingerprint density at radius 1 is 1.07 bits per heavy atom. The van der Waals surface area contributed by atoms with Crippen molar-refractivity contribution in [3.05, 3.63) is 0 Å². The molecule has 1 saturated carbocycles. The molecule has 4 aliphatic rings. The van der Waals surface area contributed by atoms with Gasteiger partial charge in [0.25, 0.3) is 0 Å². The Morgan fingerprint density at radius 3 is 2.45 bits per heavy atom. The van der Waals surface area contributed by atoms with Crippen molar-refractivity contribution in [3.8, 4) is 0 Å². The number of hydrogen-bond acceptors (Lipinski definition) is 14. The van der Waals surface area contributed by atoms with Crippen molar-refractivity contribution in [2.75, 3.05) is 20.3 Å². The molecular formula is C23H44FN7O9. The van der Waals surface area contributed by atoms with Crippen LogP contribution in [-0.4, -0.2) is 138 Å². The van der Waals surface area contributed by atoms with E-state index in [1.807, 2.05) is 0 Å². The van der Waals surface area contributed by atoms with Gasteiger partial charge in [-0.2, -0.15) is 0 Å². The normalized spacial score (nSPS) is 50.0. The number of hydrogen-bond donors (Lipinski definition) is 11. The molecule has 15 N–H and O–H groups in total. The van der Waals surface area contributed by atoms with Gasteiger partial charge in [0.1, 0.15) is 36.1 Å². The summed E-state index contributed by atoms with van der Waals surface area (Å²) in [5, 5.41) is 54.9. The van der Waals surface area contributed by atoms with Gasteiger partial charge in [-0.25, -0.2) is 4.39 Å². The highest BCUT2D eigenvalue weighted by molar-refractivity contribution is 5.74. The molecule has 3 aliphatic heterocycles. The van der Waals surface area contributed by atoms with E-state index in [0.717, 1.165) is 0 Å². The maximum atomic E-state index is 14.9. The van der Waals surface area contributed by atoms with E-state index < -0.39 is 98.0 Å². The summed E-state index contributed by atoms with van der Waals surface area (Å²) < 4.78 is 44.5. The number of halogens is 1. The summed E-state index contributed by atoms with van der Waals surface area (Å²) in [6, 6.07) is -3.77. The Hall–Kier alpha value is -1.32. The fourth-order valence-corrected chi connectivity index (χ4v) is 5.93. The molecule has 0 amide bonds. The first kappa shape index (κ1) is 31.6. The molecule has 3 heterocycles. The van der Waals surface area contributed by atoms with Crippen LogP contribution in [0.3, 0.4) is 0 Å². The number of rotatable bonds is 7. The number of nitrogens with one attached hydrogen (secondary N) is 3. The Labute approximate surface area is 231 Å². The van der Waals surface area contributed by atoms with Gasteiger partial charge in [-0.3, -0.25) is 5.41 Å². The number of aliphatic hydroxyl groups is 4. The van der Waals surface area contributed by atoms with E-state index in [1.54, 1.807) is 7.05 Å². The molecular weight excluding hydrogens is 537 g/mol. The van der Waals surface area contributed by atoms with Crippen molar-refractivity contribution in [2.24, 2.45) is 22.9 Å². The Morgan fingerprint density at radius 2 is 1.80 bits per heavy atom. The van der Waals surface area contributed by atoms with E-state index >= 15 is 0 Å². The number of likely N-dealkylation sites (N-methyl/N-ethyl adjacent to an activating group) is 1. The van der Waals surface area contributed by atoms with Crippen LogP contribution < -0.4 is 33.6 Å². The molecule has 4 rings (SSSR count). The van der Waals surface area contributed by atoms with Crippen LogP contribution in [-0.2, 0) is 23.7 Å². The quantitative estimate of drug-likeness (QED) is 0.0991. The molecule has 16 nitrogen and oxygen atoms in total. The average Bonchev–Trinajstić information content (AvgIpc) is 2.90. The molecule has 0 aromatic carbocycles. The average molecular weight is 582 g/mol. The summed E-state index contributed by atoms with van der Waals surface area (Å²) in [7, 11) is 1.58. The molecule has 10 unspecified atom stereocenters. The summed E-state index contributed by atoms with van der Waals surface area (Å²) in [6.07, 6.45) is -10.4. The number of guanidine groups is 1. The van der Waals surface area contributed by atoms with E-state index in [1.165, 1.54) is 0 Å². The van der Waals surface area contributed by atoms with Gasteiger partial charge >= 0.3 is 0 Å². The highest BCUT2D eigenvalue weighted by atomic mass is 19.1. The van der Waals surface area contributed by atoms with Crippen LogP contribution in [0.4, 0.5) is 4.39 Å². The topological polar surface area (TPSA) is 279 Å². The van der Waals surface area contributed by atoms with Crippen molar-refractivity contribution >= 4 is 5.96 Å². The van der Waals surface area contributed by atoms with Crippen molar-refractivity contribution in [2.45, 2.75) is 117 Å². The third-order valence-corrected chi connectivity index (χ3v) is 8.29. The van der Waals surface area contributed by atoms with Crippen LogP contribution in [0.1, 0.15) is 25.7 Å². The Kier molecular flexibility index (Phi) is 10.2. The largest absolute Gasteiger partial charge is 0.394 e. The highest BCUT2D eigenvalue weighted by Gasteiger charge is 2.56. The van der Waals surface area contributed by atoms with Gasteiger partial charge < -0.3 is 77.7 Å². The van der Waals surface area contributed by atoms with Crippen LogP contribution in [0, 0.1) is 5.41 Å². The molecule has 3 saturated heterocycles. The molecule has 0 aromatic rings. The first-order chi connectivity index (χ1) is 18.9. The van der Waals surface area contributed by atoms with Crippen LogP contribution >= 0.6 is 0 Å². The maximum Gasteiger partial charge on any atom is 0.187 e. The van der Waals surface area contributed by atoms with E-state index in [0.29, 0.717) is 6.42 Å². The summed E-state index contributed by atoms with van der Waals surface area (Å²) in [5.41, 5.74) is 22.2. The summed E-state index contributed by atoms with van der Waals surface area (Å²) >= 11 is 0. The number of nitrogens with two attached hydrogens (primary N) is 4. The zero-order valence-electron chi connectivity index (χ0n) is 22.3. The van der Waals surface area contributed by atoms with Crippen LogP contribution in [0.15, 0.2) is 0 Å². The lowest BCUT2D eigenvalue weighted by molar-refractivity contribution is -0.367. The SMILES string of the molecule is CNC1C(O[C@H]2OC(CO)[C@@H](NC(=N)N)CC2O)OCC2(CCC(N)[C@@H](O[C@@H]3C(N)C[C@@H](N)C(O)C3F)O2)C1O. The number of alkyl halides is 1. The van der Waals surface area contributed by atoms with Crippen molar-refractivity contribution in [1.29, 1.82) is 5.41 Å². The molecule has 0 radical (unpaired) electrons. The van der Waals surface area contributed by atoms with Crippen molar-refractivity contribution in [1.82, 2.24) is 10.6 Å². The minimum absolute atomic E-state index is 0.0669. The molecule has 0 aromatic heterocycles. The fourth-order valence-electron chi connectivity index (χ4n) is 5.93. The minimum atomic E-state index is -1.85. The predicted octanol–water partition coefficient (Wildman–Crippen LogP) is -5.03.